The van der Waals surface area contributed by atoms with Crippen LogP contribution in [0.2, 0.25) is 0 Å². The molecular formula is C37H42BO10. The Balaban J connectivity index is 0.000000491. The second-order valence-electron chi connectivity index (χ2n) is 10.1. The molecule has 0 spiro atoms. The minimum atomic E-state index is -0.417. The van der Waals surface area contributed by atoms with Crippen molar-refractivity contribution in [2.75, 3.05) is 33.5 Å². The quantitative estimate of drug-likeness (QED) is 0.0403. The number of hydrogen-bond donors (Lipinski definition) is 0. The molecule has 10 nitrogen and oxygen atoms in total. The molecule has 3 rings (SSSR count). The Kier molecular flexibility index (Phi) is 19.6. The highest BCUT2D eigenvalue weighted by Crippen LogP contribution is 2.21. The lowest BCUT2D eigenvalue weighted by Gasteiger charge is -2.09. The second kappa shape index (κ2) is 23.1. The normalized spacial score (nSPS) is 9.73. The van der Waals surface area contributed by atoms with Crippen LogP contribution in [-0.2, 0) is 23.8 Å². The summed E-state index contributed by atoms with van der Waals surface area (Å²) in [5, 5.41) is 0. The van der Waals surface area contributed by atoms with Crippen LogP contribution >= 0.6 is 0 Å². The Hall–Kier alpha value is -5.32. The van der Waals surface area contributed by atoms with Crippen LogP contribution in [0.5, 0.6) is 17.2 Å². The van der Waals surface area contributed by atoms with E-state index in [4.69, 9.17) is 23.7 Å². The monoisotopic (exact) mass is 657 g/mol. The van der Waals surface area contributed by atoms with Crippen molar-refractivity contribution in [3.05, 3.63) is 114 Å². The molecule has 11 heteroatoms. The fourth-order valence-corrected chi connectivity index (χ4v) is 3.82. The Bertz CT molecular complexity index is 1470. The third-order valence-electron chi connectivity index (χ3n) is 6.34. The summed E-state index contributed by atoms with van der Waals surface area (Å²) in [5.74, 6) is 0.298. The van der Waals surface area contributed by atoms with Gasteiger partial charge in [0.2, 0.25) is 0 Å². The van der Waals surface area contributed by atoms with Gasteiger partial charge >= 0.3 is 23.9 Å². The topological polar surface area (TPSA) is 124 Å². The van der Waals surface area contributed by atoms with Crippen LogP contribution in [-0.4, -0.2) is 65.8 Å². The second-order valence-corrected chi connectivity index (χ2v) is 10.1. The average Bonchev–Trinajstić information content (AvgIpc) is 3.09. The van der Waals surface area contributed by atoms with Crippen LogP contribution in [0.4, 0.5) is 0 Å². The number of aryl methyl sites for hydroxylation is 2. The Morgan fingerprint density at radius 1 is 0.625 bits per heavy atom. The van der Waals surface area contributed by atoms with Gasteiger partial charge in [-0.25, -0.2) is 19.2 Å². The summed E-state index contributed by atoms with van der Waals surface area (Å²) in [7, 11) is 1.34. The molecule has 0 unspecified atom stereocenters. The molecule has 0 fully saturated rings. The van der Waals surface area contributed by atoms with Gasteiger partial charge in [-0.1, -0.05) is 30.9 Å². The molecule has 0 amide bonds. The molecule has 0 aromatic heterocycles. The molecule has 48 heavy (non-hydrogen) atoms. The Morgan fingerprint density at radius 2 is 1.06 bits per heavy atom. The maximum Gasteiger partial charge on any atom is 0.343 e. The average molecular weight is 658 g/mol. The first-order valence-corrected chi connectivity index (χ1v) is 15.1. The zero-order chi connectivity index (χ0) is 34.4. The predicted octanol–water partition coefficient (Wildman–Crippen LogP) is 6.39. The van der Waals surface area contributed by atoms with Gasteiger partial charge in [-0.3, -0.25) is 0 Å². The van der Waals surface area contributed by atoms with Gasteiger partial charge in [-0.2, -0.15) is 0 Å². The van der Waals surface area contributed by atoms with Gasteiger partial charge in [-0.15, -0.1) is 0 Å². The van der Waals surface area contributed by atoms with E-state index in [2.05, 4.69) is 17.9 Å². The summed E-state index contributed by atoms with van der Waals surface area (Å²) in [6.45, 7) is 12.3. The van der Waals surface area contributed by atoms with E-state index in [9.17, 15) is 19.2 Å². The zero-order valence-electron chi connectivity index (χ0n) is 27.7. The lowest BCUT2D eigenvalue weighted by molar-refractivity contribution is -0.138. The molecule has 0 heterocycles. The van der Waals surface area contributed by atoms with Crippen molar-refractivity contribution in [3.63, 3.8) is 0 Å². The molecular weight excluding hydrogens is 615 g/mol. The van der Waals surface area contributed by atoms with Crippen molar-refractivity contribution in [3.8, 4) is 17.2 Å². The van der Waals surface area contributed by atoms with Gasteiger partial charge in [0.05, 0.1) is 44.7 Å². The van der Waals surface area contributed by atoms with Gasteiger partial charge in [0.25, 0.3) is 0 Å². The summed E-state index contributed by atoms with van der Waals surface area (Å²) < 4.78 is 30.9. The van der Waals surface area contributed by atoms with E-state index in [-0.39, 0.29) is 14.4 Å². The van der Waals surface area contributed by atoms with Crippen molar-refractivity contribution >= 4 is 32.3 Å². The number of rotatable bonds is 17. The zero-order valence-corrected chi connectivity index (χ0v) is 27.7. The first-order valence-electron chi connectivity index (χ1n) is 15.1. The van der Waals surface area contributed by atoms with E-state index in [1.807, 2.05) is 26.0 Å². The van der Waals surface area contributed by atoms with E-state index in [0.717, 1.165) is 42.5 Å². The SMILES string of the molecule is C=CC(=O)OCCCCOc1ccc(C(=O)OC)cc1.C=CC(=O)OCCCCOc1ccc(C(=O)Oc2ccc(C)cc2C)cc1.[B]. The molecule has 0 aliphatic heterocycles. The van der Waals surface area contributed by atoms with Gasteiger partial charge in [0.1, 0.15) is 17.2 Å². The van der Waals surface area contributed by atoms with Crippen molar-refractivity contribution in [2.24, 2.45) is 0 Å². The standard InChI is InChI=1S/C22H24O5.C15H18O5.B/c1-4-21(23)26-14-6-5-13-25-19-10-8-18(9-11-19)22(24)27-20-12-7-16(2)15-17(20)3;1-3-14(16)20-11-5-4-10-19-13-8-6-12(7-9-13)15(17)18-2;/h4,7-12,15H,1,5-6,13-14H2,2-3H3;3,6-9H,1,4-5,10-11H2,2H3;. The van der Waals surface area contributed by atoms with E-state index >= 15 is 0 Å². The molecule has 3 aromatic carbocycles. The van der Waals surface area contributed by atoms with E-state index in [1.54, 1.807) is 54.6 Å². The summed E-state index contributed by atoms with van der Waals surface area (Å²) in [6, 6.07) is 19.2. The number of methoxy groups -OCH3 is 1. The molecule has 0 saturated heterocycles. The van der Waals surface area contributed by atoms with Crippen LogP contribution in [0.25, 0.3) is 0 Å². The lowest BCUT2D eigenvalue weighted by Crippen LogP contribution is -2.09. The number of benzene rings is 3. The van der Waals surface area contributed by atoms with Crippen molar-refractivity contribution in [2.45, 2.75) is 39.5 Å². The largest absolute Gasteiger partial charge is 0.494 e. The Labute approximate surface area is 284 Å². The van der Waals surface area contributed by atoms with E-state index < -0.39 is 17.9 Å². The van der Waals surface area contributed by atoms with Gasteiger partial charge in [-0.05, 0) is 99.7 Å². The third kappa shape index (κ3) is 15.8. The van der Waals surface area contributed by atoms with Crippen LogP contribution < -0.4 is 14.2 Å². The van der Waals surface area contributed by atoms with Crippen LogP contribution in [0.1, 0.15) is 57.5 Å². The summed E-state index contributed by atoms with van der Waals surface area (Å²) in [4.78, 5) is 45.1. The molecule has 253 valence electrons. The minimum absolute atomic E-state index is 0. The Morgan fingerprint density at radius 3 is 1.48 bits per heavy atom. The first-order chi connectivity index (χ1) is 22.7. The molecule has 3 aromatic rings. The highest BCUT2D eigenvalue weighted by Gasteiger charge is 2.11. The molecule has 0 atom stereocenters. The summed E-state index contributed by atoms with van der Waals surface area (Å²) >= 11 is 0. The molecule has 0 aliphatic rings. The fourth-order valence-electron chi connectivity index (χ4n) is 3.82. The lowest BCUT2D eigenvalue weighted by atomic mass is 10.1. The summed E-state index contributed by atoms with van der Waals surface area (Å²) in [6.07, 6.45) is 5.23. The minimum Gasteiger partial charge on any atom is -0.494 e. The van der Waals surface area contributed by atoms with Gasteiger partial charge < -0.3 is 28.4 Å². The summed E-state index contributed by atoms with van der Waals surface area (Å²) in [5.41, 5.74) is 2.98. The molecule has 0 N–H and O–H groups in total. The number of unbranched alkanes of at least 4 members (excludes halogenated alkanes) is 2. The van der Waals surface area contributed by atoms with Crippen molar-refractivity contribution < 1.29 is 47.6 Å². The smallest absolute Gasteiger partial charge is 0.343 e. The predicted molar refractivity (Wildman–Crippen MR) is 183 cm³/mol. The van der Waals surface area contributed by atoms with E-state index in [0.29, 0.717) is 61.2 Å². The van der Waals surface area contributed by atoms with E-state index in [1.165, 1.54) is 7.11 Å². The number of carbonyl (C=O) groups is 4. The van der Waals surface area contributed by atoms with Gasteiger partial charge in [0.15, 0.2) is 0 Å². The van der Waals surface area contributed by atoms with Crippen LogP contribution in [0, 0.1) is 13.8 Å². The highest BCUT2D eigenvalue weighted by atomic mass is 16.5. The van der Waals surface area contributed by atoms with Crippen LogP contribution in [0.15, 0.2) is 92.0 Å². The molecule has 0 bridgehead atoms. The van der Waals surface area contributed by atoms with Gasteiger partial charge in [0, 0.05) is 20.6 Å². The van der Waals surface area contributed by atoms with Crippen LogP contribution in [0.3, 0.4) is 0 Å². The molecule has 0 saturated carbocycles. The third-order valence-corrected chi connectivity index (χ3v) is 6.34. The number of hydrogen-bond acceptors (Lipinski definition) is 10. The number of carbonyl (C=O) groups excluding carboxylic acids is 4. The van der Waals surface area contributed by atoms with Crippen molar-refractivity contribution in [1.29, 1.82) is 0 Å². The number of esters is 4. The number of ether oxygens (including phenoxy) is 6. The molecule has 3 radical (unpaired) electrons. The molecule has 0 aliphatic carbocycles. The fraction of sp³-hybridized carbons (Fsp3) is 0.297. The first kappa shape index (κ1) is 40.7. The highest BCUT2D eigenvalue weighted by molar-refractivity contribution is 5.91. The van der Waals surface area contributed by atoms with Crippen molar-refractivity contribution in [1.82, 2.24) is 0 Å². The maximum atomic E-state index is 12.3. The maximum absolute atomic E-state index is 12.3.